The predicted octanol–water partition coefficient (Wildman–Crippen LogP) is 2.34. The van der Waals surface area contributed by atoms with Gasteiger partial charge in [-0.1, -0.05) is 6.07 Å². The van der Waals surface area contributed by atoms with Gasteiger partial charge in [-0.2, -0.15) is 0 Å². The number of hydrogen-bond acceptors (Lipinski definition) is 2. The fraction of sp³-hybridized carbons (Fsp3) is 0.500. The minimum Gasteiger partial charge on any atom is -0.396 e. The number of aliphatic hydroxyl groups excluding tert-OH is 1. The fourth-order valence-corrected chi connectivity index (χ4v) is 2.54. The van der Waals surface area contributed by atoms with Gasteiger partial charge in [0.05, 0.1) is 5.56 Å². The standard InChI is InChI=1S/C14H17F2NO2/c15-12-6-3-5-11(13(12)16)14(19)17-8-2-1-4-10(17)7-9-18/h3,5-6,10,18H,1-2,4,7-9H2. The summed E-state index contributed by atoms with van der Waals surface area (Å²) in [6, 6.07) is 3.53. The van der Waals surface area contributed by atoms with Crippen LogP contribution in [0.3, 0.4) is 0 Å². The highest BCUT2D eigenvalue weighted by Crippen LogP contribution is 2.23. The molecule has 104 valence electrons. The molecule has 19 heavy (non-hydrogen) atoms. The molecule has 1 saturated heterocycles. The first-order valence-corrected chi connectivity index (χ1v) is 6.51. The minimum absolute atomic E-state index is 0.0138. The molecule has 0 aliphatic carbocycles. The highest BCUT2D eigenvalue weighted by atomic mass is 19.2. The van der Waals surface area contributed by atoms with Crippen molar-refractivity contribution < 1.29 is 18.7 Å². The van der Waals surface area contributed by atoms with Crippen LogP contribution >= 0.6 is 0 Å². The zero-order valence-corrected chi connectivity index (χ0v) is 10.6. The van der Waals surface area contributed by atoms with Crippen molar-refractivity contribution in [3.8, 4) is 0 Å². The molecule has 0 saturated carbocycles. The van der Waals surface area contributed by atoms with E-state index < -0.39 is 17.5 Å². The molecule has 1 unspecified atom stereocenters. The highest BCUT2D eigenvalue weighted by molar-refractivity contribution is 5.94. The van der Waals surface area contributed by atoms with Gasteiger partial charge in [-0.25, -0.2) is 8.78 Å². The van der Waals surface area contributed by atoms with Gasteiger partial charge < -0.3 is 10.0 Å². The van der Waals surface area contributed by atoms with E-state index in [1.165, 1.54) is 12.1 Å². The third-order valence-corrected chi connectivity index (χ3v) is 3.53. The van der Waals surface area contributed by atoms with Gasteiger partial charge in [0.15, 0.2) is 11.6 Å². The Morgan fingerprint density at radius 2 is 2.16 bits per heavy atom. The Hall–Kier alpha value is -1.49. The van der Waals surface area contributed by atoms with E-state index in [4.69, 9.17) is 5.11 Å². The number of carbonyl (C=O) groups excluding carboxylic acids is 1. The van der Waals surface area contributed by atoms with E-state index in [9.17, 15) is 13.6 Å². The molecule has 1 N–H and O–H groups in total. The average molecular weight is 269 g/mol. The smallest absolute Gasteiger partial charge is 0.257 e. The molecule has 1 atom stereocenters. The molecule has 0 spiro atoms. The summed E-state index contributed by atoms with van der Waals surface area (Å²) in [4.78, 5) is 13.8. The normalized spacial score (nSPS) is 19.5. The molecule has 1 aliphatic heterocycles. The largest absolute Gasteiger partial charge is 0.396 e. The monoisotopic (exact) mass is 269 g/mol. The summed E-state index contributed by atoms with van der Waals surface area (Å²) in [5.74, 6) is -2.60. The second-order valence-corrected chi connectivity index (χ2v) is 4.76. The summed E-state index contributed by atoms with van der Waals surface area (Å²) in [5, 5.41) is 9.02. The van der Waals surface area contributed by atoms with Gasteiger partial charge in [0.2, 0.25) is 0 Å². The molecule has 5 heteroatoms. The Morgan fingerprint density at radius 3 is 2.89 bits per heavy atom. The number of halogens is 2. The fourth-order valence-electron chi connectivity index (χ4n) is 2.54. The molecule has 1 aromatic rings. The van der Waals surface area contributed by atoms with Gasteiger partial charge in [0, 0.05) is 19.2 Å². The summed E-state index contributed by atoms with van der Waals surface area (Å²) >= 11 is 0. The average Bonchev–Trinajstić information content (AvgIpc) is 2.42. The molecule has 1 aliphatic rings. The van der Waals surface area contributed by atoms with E-state index >= 15 is 0 Å². The second kappa shape index (κ2) is 6.10. The van der Waals surface area contributed by atoms with Gasteiger partial charge >= 0.3 is 0 Å². The quantitative estimate of drug-likeness (QED) is 0.915. The summed E-state index contributed by atoms with van der Waals surface area (Å²) < 4.78 is 26.8. The number of hydrogen-bond donors (Lipinski definition) is 1. The van der Waals surface area contributed by atoms with Crippen molar-refractivity contribution >= 4 is 5.91 Å². The maximum absolute atomic E-state index is 13.6. The Labute approximate surface area is 110 Å². The lowest BCUT2D eigenvalue weighted by Crippen LogP contribution is -2.44. The van der Waals surface area contributed by atoms with Crippen LogP contribution in [0.15, 0.2) is 18.2 Å². The van der Waals surface area contributed by atoms with Crippen LogP contribution in [0.5, 0.6) is 0 Å². The van der Waals surface area contributed by atoms with Crippen molar-refractivity contribution in [2.45, 2.75) is 31.7 Å². The first-order chi connectivity index (χ1) is 9.15. The van der Waals surface area contributed by atoms with Crippen molar-refractivity contribution in [3.63, 3.8) is 0 Å². The molecule has 3 nitrogen and oxygen atoms in total. The maximum Gasteiger partial charge on any atom is 0.257 e. The second-order valence-electron chi connectivity index (χ2n) is 4.76. The van der Waals surface area contributed by atoms with E-state index in [-0.39, 0.29) is 18.2 Å². The first kappa shape index (κ1) is 13.9. The van der Waals surface area contributed by atoms with Crippen LogP contribution < -0.4 is 0 Å². The molecule has 0 radical (unpaired) electrons. The Morgan fingerprint density at radius 1 is 1.37 bits per heavy atom. The number of rotatable bonds is 3. The van der Waals surface area contributed by atoms with Crippen LogP contribution in [0.25, 0.3) is 0 Å². The van der Waals surface area contributed by atoms with Crippen molar-refractivity contribution in [2.24, 2.45) is 0 Å². The van der Waals surface area contributed by atoms with Crippen molar-refractivity contribution in [2.75, 3.05) is 13.2 Å². The maximum atomic E-state index is 13.6. The molecule has 1 amide bonds. The van der Waals surface area contributed by atoms with Gasteiger partial charge in [0.1, 0.15) is 0 Å². The van der Waals surface area contributed by atoms with E-state index in [2.05, 4.69) is 0 Å². The zero-order valence-electron chi connectivity index (χ0n) is 10.6. The SMILES string of the molecule is O=C(c1cccc(F)c1F)N1CCCCC1CCO. The van der Waals surface area contributed by atoms with E-state index in [0.29, 0.717) is 13.0 Å². The Bertz CT molecular complexity index is 463. The van der Waals surface area contributed by atoms with Crippen LogP contribution in [0.4, 0.5) is 8.78 Å². The van der Waals surface area contributed by atoms with Crippen LogP contribution in [0.2, 0.25) is 0 Å². The number of piperidine rings is 1. The number of benzene rings is 1. The third-order valence-electron chi connectivity index (χ3n) is 3.53. The molecule has 1 heterocycles. The predicted molar refractivity (Wildman–Crippen MR) is 66.7 cm³/mol. The molecule has 1 aromatic carbocycles. The van der Waals surface area contributed by atoms with Gasteiger partial charge in [-0.05, 0) is 37.8 Å². The van der Waals surface area contributed by atoms with Crippen molar-refractivity contribution in [1.82, 2.24) is 4.90 Å². The first-order valence-electron chi connectivity index (χ1n) is 6.51. The summed E-state index contributed by atoms with van der Waals surface area (Å²) in [7, 11) is 0. The van der Waals surface area contributed by atoms with Gasteiger partial charge in [-0.3, -0.25) is 4.79 Å². The highest BCUT2D eigenvalue weighted by Gasteiger charge is 2.29. The summed E-state index contributed by atoms with van der Waals surface area (Å²) in [5.41, 5.74) is -0.232. The topological polar surface area (TPSA) is 40.5 Å². The summed E-state index contributed by atoms with van der Waals surface area (Å²) in [6.45, 7) is 0.513. The van der Waals surface area contributed by atoms with Crippen LogP contribution in [-0.2, 0) is 0 Å². The number of carbonyl (C=O) groups is 1. The van der Waals surface area contributed by atoms with E-state index in [1.807, 2.05) is 0 Å². The lowest BCUT2D eigenvalue weighted by atomic mass is 9.98. The van der Waals surface area contributed by atoms with Crippen LogP contribution in [-0.4, -0.2) is 35.1 Å². The molecule has 0 bridgehead atoms. The number of likely N-dealkylation sites (tertiary alicyclic amines) is 1. The molecular formula is C14H17F2NO2. The molecule has 2 rings (SSSR count). The Kier molecular flexibility index (Phi) is 4.47. The van der Waals surface area contributed by atoms with Crippen LogP contribution in [0, 0.1) is 11.6 Å². The lowest BCUT2D eigenvalue weighted by molar-refractivity contribution is 0.0569. The zero-order chi connectivity index (χ0) is 13.8. The summed E-state index contributed by atoms with van der Waals surface area (Å²) in [6.07, 6.45) is 3.11. The number of aliphatic hydroxyl groups is 1. The molecular weight excluding hydrogens is 252 g/mol. The van der Waals surface area contributed by atoms with Gasteiger partial charge in [0.25, 0.3) is 5.91 Å². The van der Waals surface area contributed by atoms with Crippen molar-refractivity contribution in [3.05, 3.63) is 35.4 Å². The molecule has 0 aromatic heterocycles. The van der Waals surface area contributed by atoms with E-state index in [0.717, 1.165) is 25.3 Å². The van der Waals surface area contributed by atoms with Crippen molar-refractivity contribution in [1.29, 1.82) is 0 Å². The van der Waals surface area contributed by atoms with E-state index in [1.54, 1.807) is 4.90 Å². The molecule has 1 fully saturated rings. The number of amides is 1. The minimum atomic E-state index is -1.10. The lowest BCUT2D eigenvalue weighted by Gasteiger charge is -2.35. The Balaban J connectivity index is 2.23. The van der Waals surface area contributed by atoms with Crippen LogP contribution in [0.1, 0.15) is 36.0 Å². The third kappa shape index (κ3) is 2.92. The van der Waals surface area contributed by atoms with Gasteiger partial charge in [-0.15, -0.1) is 0 Å². The number of nitrogens with zero attached hydrogens (tertiary/aromatic N) is 1.